The van der Waals surface area contributed by atoms with Gasteiger partial charge in [-0.3, -0.25) is 0 Å². The summed E-state index contributed by atoms with van der Waals surface area (Å²) in [5.41, 5.74) is 1.77. The molecular formula is C18H28S. The maximum absolute atomic E-state index is 2.46. The number of hydrogen-bond acceptors (Lipinski definition) is 0. The molecule has 0 N–H and O–H groups in total. The average molecular weight is 276 g/mol. The summed E-state index contributed by atoms with van der Waals surface area (Å²) in [5, 5.41) is 2.09. The van der Waals surface area contributed by atoms with Crippen molar-refractivity contribution in [1.29, 1.82) is 0 Å². The first-order chi connectivity index (χ1) is 9.05. The Labute approximate surface area is 121 Å². The first kappa shape index (κ1) is 13.5. The maximum Gasteiger partial charge on any atom is -0.00960 e. The van der Waals surface area contributed by atoms with E-state index in [1.165, 1.54) is 44.1 Å². The van der Waals surface area contributed by atoms with E-state index in [1.54, 1.807) is 4.90 Å². The van der Waals surface area contributed by atoms with Gasteiger partial charge in [0.15, 0.2) is 0 Å². The minimum absolute atomic E-state index is 0.147. The smallest absolute Gasteiger partial charge is 0.00960 e. The normalized spacial score (nSPS) is 33.1. The fourth-order valence-electron chi connectivity index (χ4n) is 3.88. The molecule has 0 nitrogen and oxygen atoms in total. The summed E-state index contributed by atoms with van der Waals surface area (Å²) >= 11 is 0. The van der Waals surface area contributed by atoms with Gasteiger partial charge in [-0.2, -0.15) is 0 Å². The Morgan fingerprint density at radius 2 is 1.32 bits per heavy atom. The standard InChI is InChI=1S/C18H28S/c1-18(2,3)14-10-12-17(13-11-14)19-15-6-4-7-16(19)9-5-8-15/h10-13,15-16,19H,4-9H2,1-3H3. The van der Waals surface area contributed by atoms with Gasteiger partial charge in [0.1, 0.15) is 0 Å². The fourth-order valence-corrected chi connectivity index (χ4v) is 7.65. The summed E-state index contributed by atoms with van der Waals surface area (Å²) in [7, 11) is 0.147. The van der Waals surface area contributed by atoms with Gasteiger partial charge in [-0.1, -0.05) is 45.7 Å². The van der Waals surface area contributed by atoms with Crippen molar-refractivity contribution in [3.8, 4) is 0 Å². The van der Waals surface area contributed by atoms with Crippen LogP contribution < -0.4 is 0 Å². The van der Waals surface area contributed by atoms with Gasteiger partial charge in [0.2, 0.25) is 0 Å². The molecule has 1 aromatic rings. The van der Waals surface area contributed by atoms with Crippen molar-refractivity contribution < 1.29 is 0 Å². The average Bonchev–Trinajstić information content (AvgIpc) is 2.37. The van der Waals surface area contributed by atoms with Crippen LogP contribution in [0.3, 0.4) is 0 Å². The molecule has 2 aliphatic rings. The Balaban J connectivity index is 1.85. The zero-order valence-electron chi connectivity index (χ0n) is 12.7. The number of hydrogen-bond donors (Lipinski definition) is 1. The molecular weight excluding hydrogens is 248 g/mol. The number of thiol groups is 1. The Hall–Kier alpha value is -0.430. The zero-order chi connectivity index (χ0) is 13.5. The van der Waals surface area contributed by atoms with Crippen LogP contribution in [-0.2, 0) is 5.41 Å². The van der Waals surface area contributed by atoms with Gasteiger partial charge in [0, 0.05) is 0 Å². The van der Waals surface area contributed by atoms with Crippen LogP contribution in [0.25, 0.3) is 0 Å². The third kappa shape index (κ3) is 2.72. The molecule has 106 valence electrons. The second-order valence-electron chi connectivity index (χ2n) is 7.37. The van der Waals surface area contributed by atoms with Gasteiger partial charge in [-0.15, -0.1) is 0 Å². The van der Waals surface area contributed by atoms with Crippen LogP contribution in [0.15, 0.2) is 29.2 Å². The molecule has 0 unspecified atom stereocenters. The first-order valence-corrected chi connectivity index (χ1v) is 9.42. The second-order valence-corrected chi connectivity index (χ2v) is 10.2. The van der Waals surface area contributed by atoms with Crippen molar-refractivity contribution in [2.45, 2.75) is 80.1 Å². The number of benzene rings is 1. The summed E-state index contributed by atoms with van der Waals surface area (Å²) in [4.78, 5) is 1.69. The second kappa shape index (κ2) is 5.16. The van der Waals surface area contributed by atoms with Gasteiger partial charge in [-0.05, 0) is 64.2 Å². The molecule has 0 atom stereocenters. The van der Waals surface area contributed by atoms with Crippen molar-refractivity contribution in [2.24, 2.45) is 0 Å². The molecule has 0 aromatic heterocycles. The van der Waals surface area contributed by atoms with Crippen LogP contribution in [0.1, 0.15) is 64.9 Å². The molecule has 1 aromatic carbocycles. The molecule has 0 spiro atoms. The molecule has 1 heteroatoms. The van der Waals surface area contributed by atoms with E-state index in [0.717, 1.165) is 10.5 Å². The molecule has 0 aliphatic carbocycles. The van der Waals surface area contributed by atoms with Gasteiger partial charge < -0.3 is 0 Å². The molecule has 0 saturated carbocycles. The maximum atomic E-state index is 2.46. The van der Waals surface area contributed by atoms with Crippen LogP contribution in [0.2, 0.25) is 0 Å². The largest absolute Gasteiger partial charge is 0.221 e. The number of rotatable bonds is 1. The zero-order valence-corrected chi connectivity index (χ0v) is 13.5. The lowest BCUT2D eigenvalue weighted by molar-refractivity contribution is 0.484. The highest BCUT2D eigenvalue weighted by Gasteiger charge is 2.34. The molecule has 0 radical (unpaired) electrons. The van der Waals surface area contributed by atoms with Crippen molar-refractivity contribution >= 4 is 10.9 Å². The fraction of sp³-hybridized carbons (Fsp3) is 0.667. The van der Waals surface area contributed by atoms with E-state index < -0.39 is 0 Å². The Morgan fingerprint density at radius 3 is 1.74 bits per heavy atom. The highest BCUT2D eigenvalue weighted by atomic mass is 32.2. The molecule has 0 amide bonds. The Bertz CT molecular complexity index is 404. The summed E-state index contributed by atoms with van der Waals surface area (Å²) in [6, 6.07) is 9.70. The third-order valence-corrected chi connectivity index (χ3v) is 8.47. The lowest BCUT2D eigenvalue weighted by Crippen LogP contribution is -2.29. The van der Waals surface area contributed by atoms with Gasteiger partial charge in [0.05, 0.1) is 0 Å². The van der Waals surface area contributed by atoms with Crippen LogP contribution in [0.4, 0.5) is 0 Å². The molecule has 2 bridgehead atoms. The van der Waals surface area contributed by atoms with E-state index in [0.29, 0.717) is 0 Å². The topological polar surface area (TPSA) is 0 Å². The molecule has 2 fully saturated rings. The quantitative estimate of drug-likeness (QED) is 0.648. The highest BCUT2D eigenvalue weighted by Crippen LogP contribution is 2.57. The van der Waals surface area contributed by atoms with Crippen molar-refractivity contribution in [2.75, 3.05) is 0 Å². The van der Waals surface area contributed by atoms with Crippen LogP contribution in [-0.4, -0.2) is 10.5 Å². The highest BCUT2D eigenvalue weighted by molar-refractivity contribution is 8.18. The van der Waals surface area contributed by atoms with Gasteiger partial charge in [-0.25, -0.2) is 10.9 Å². The Morgan fingerprint density at radius 1 is 0.842 bits per heavy atom. The van der Waals surface area contributed by atoms with Gasteiger partial charge in [0.25, 0.3) is 0 Å². The van der Waals surface area contributed by atoms with E-state index in [2.05, 4.69) is 45.0 Å². The van der Waals surface area contributed by atoms with Crippen LogP contribution in [0.5, 0.6) is 0 Å². The van der Waals surface area contributed by atoms with E-state index in [1.807, 2.05) is 0 Å². The molecule has 3 rings (SSSR count). The van der Waals surface area contributed by atoms with Crippen molar-refractivity contribution in [3.05, 3.63) is 29.8 Å². The Kier molecular flexibility index (Phi) is 3.68. The van der Waals surface area contributed by atoms with Crippen molar-refractivity contribution in [1.82, 2.24) is 0 Å². The predicted molar refractivity (Wildman–Crippen MR) is 87.7 cm³/mol. The number of fused-ring (bicyclic) bond motifs is 2. The van der Waals surface area contributed by atoms with Crippen molar-refractivity contribution in [3.63, 3.8) is 0 Å². The first-order valence-electron chi connectivity index (χ1n) is 7.94. The van der Waals surface area contributed by atoms with Crippen LogP contribution >= 0.6 is 10.9 Å². The minimum Gasteiger partial charge on any atom is -0.221 e. The van der Waals surface area contributed by atoms with E-state index in [-0.39, 0.29) is 16.3 Å². The van der Waals surface area contributed by atoms with E-state index in [4.69, 9.17) is 0 Å². The molecule has 2 saturated heterocycles. The molecule has 2 heterocycles. The van der Waals surface area contributed by atoms with Gasteiger partial charge >= 0.3 is 0 Å². The van der Waals surface area contributed by atoms with Crippen LogP contribution in [0, 0.1) is 0 Å². The monoisotopic (exact) mass is 276 g/mol. The third-order valence-electron chi connectivity index (χ3n) is 4.97. The lowest BCUT2D eigenvalue weighted by atomic mass is 9.87. The summed E-state index contributed by atoms with van der Waals surface area (Å²) in [5.74, 6) is 0. The lowest BCUT2D eigenvalue weighted by Gasteiger charge is -2.46. The summed E-state index contributed by atoms with van der Waals surface area (Å²) in [6.07, 6.45) is 9.00. The SMILES string of the molecule is CC(C)(C)c1ccc([SH]2C3CCCC2CCC3)cc1. The van der Waals surface area contributed by atoms with E-state index >= 15 is 0 Å². The predicted octanol–water partition coefficient (Wildman–Crippen LogP) is 5.45. The summed E-state index contributed by atoms with van der Waals surface area (Å²) < 4.78 is 0. The minimum atomic E-state index is 0.147. The summed E-state index contributed by atoms with van der Waals surface area (Å²) in [6.45, 7) is 6.92. The molecule has 2 aliphatic heterocycles. The molecule has 19 heavy (non-hydrogen) atoms. The van der Waals surface area contributed by atoms with E-state index in [9.17, 15) is 0 Å².